The molecule has 3 N–H and O–H groups in total. The van der Waals surface area contributed by atoms with Crippen molar-refractivity contribution in [2.75, 3.05) is 26.1 Å². The van der Waals surface area contributed by atoms with Crippen molar-refractivity contribution in [2.45, 2.75) is 6.04 Å². The van der Waals surface area contributed by atoms with Crippen molar-refractivity contribution in [1.82, 2.24) is 0 Å². The molecular formula is C16H19ClN2O2. The number of para-hydroxylation sites is 1. The summed E-state index contributed by atoms with van der Waals surface area (Å²) in [6.45, 7) is 0.398. The van der Waals surface area contributed by atoms with Gasteiger partial charge in [0.2, 0.25) is 0 Å². The zero-order valence-electron chi connectivity index (χ0n) is 12.1. The van der Waals surface area contributed by atoms with E-state index in [-0.39, 0.29) is 6.04 Å². The van der Waals surface area contributed by atoms with E-state index in [0.717, 1.165) is 22.7 Å². The van der Waals surface area contributed by atoms with Gasteiger partial charge in [0.15, 0.2) is 0 Å². The fourth-order valence-electron chi connectivity index (χ4n) is 2.14. The highest BCUT2D eigenvalue weighted by atomic mass is 35.5. The van der Waals surface area contributed by atoms with E-state index in [0.29, 0.717) is 11.6 Å². The van der Waals surface area contributed by atoms with Gasteiger partial charge in [-0.2, -0.15) is 0 Å². The molecule has 0 fully saturated rings. The zero-order valence-corrected chi connectivity index (χ0v) is 12.9. The lowest BCUT2D eigenvalue weighted by Gasteiger charge is -2.22. The molecule has 2 rings (SSSR count). The first-order valence-corrected chi connectivity index (χ1v) is 7.00. The highest BCUT2D eigenvalue weighted by molar-refractivity contribution is 6.33. The fourth-order valence-corrected chi connectivity index (χ4v) is 2.33. The summed E-state index contributed by atoms with van der Waals surface area (Å²) >= 11 is 6.19. The summed E-state index contributed by atoms with van der Waals surface area (Å²) < 4.78 is 10.7. The van der Waals surface area contributed by atoms with Gasteiger partial charge in [-0.3, -0.25) is 0 Å². The molecule has 1 atom stereocenters. The van der Waals surface area contributed by atoms with Gasteiger partial charge in [0, 0.05) is 12.1 Å². The highest BCUT2D eigenvalue weighted by Gasteiger charge is 2.16. The number of benzene rings is 2. The summed E-state index contributed by atoms with van der Waals surface area (Å²) in [6, 6.07) is 13.1. The van der Waals surface area contributed by atoms with Gasteiger partial charge in [0.1, 0.15) is 11.5 Å². The number of hydrogen-bond acceptors (Lipinski definition) is 4. The van der Waals surface area contributed by atoms with Gasteiger partial charge >= 0.3 is 0 Å². The van der Waals surface area contributed by atoms with Crippen LogP contribution in [0.3, 0.4) is 0 Å². The lowest BCUT2D eigenvalue weighted by molar-refractivity contribution is 0.396. The van der Waals surface area contributed by atoms with Gasteiger partial charge in [0.05, 0.1) is 31.0 Å². The number of hydrogen-bond donors (Lipinski definition) is 2. The Kier molecular flexibility index (Phi) is 5.31. The molecule has 112 valence electrons. The molecule has 2 aromatic rings. The maximum Gasteiger partial charge on any atom is 0.124 e. The average molecular weight is 307 g/mol. The molecule has 0 saturated heterocycles. The fraction of sp³-hybridized carbons (Fsp3) is 0.250. The lowest BCUT2D eigenvalue weighted by atomic mass is 10.0. The Morgan fingerprint density at radius 3 is 2.52 bits per heavy atom. The first kappa shape index (κ1) is 15.5. The Hall–Kier alpha value is -1.91. The van der Waals surface area contributed by atoms with Gasteiger partial charge in [-0.1, -0.05) is 23.7 Å². The van der Waals surface area contributed by atoms with E-state index in [4.69, 9.17) is 26.8 Å². The molecule has 2 aromatic carbocycles. The van der Waals surface area contributed by atoms with E-state index in [2.05, 4.69) is 5.32 Å². The van der Waals surface area contributed by atoms with Crippen LogP contribution >= 0.6 is 11.6 Å². The highest BCUT2D eigenvalue weighted by Crippen LogP contribution is 2.32. The standard InChI is InChI=1S/C16H19ClN2O2/c1-20-11-7-8-16(21-2)12(9-11)15(10-18)19-14-6-4-3-5-13(14)17/h3-9,15,19H,10,18H2,1-2H3. The van der Waals surface area contributed by atoms with E-state index in [1.54, 1.807) is 14.2 Å². The van der Waals surface area contributed by atoms with Gasteiger partial charge in [0.25, 0.3) is 0 Å². The van der Waals surface area contributed by atoms with Crippen LogP contribution in [0.5, 0.6) is 11.5 Å². The van der Waals surface area contributed by atoms with E-state index in [1.165, 1.54) is 0 Å². The van der Waals surface area contributed by atoms with Crippen LogP contribution in [0.25, 0.3) is 0 Å². The molecule has 0 aliphatic rings. The van der Waals surface area contributed by atoms with Crippen LogP contribution in [0.15, 0.2) is 42.5 Å². The first-order valence-electron chi connectivity index (χ1n) is 6.62. The molecule has 21 heavy (non-hydrogen) atoms. The third-order valence-electron chi connectivity index (χ3n) is 3.25. The van der Waals surface area contributed by atoms with Gasteiger partial charge in [-0.25, -0.2) is 0 Å². The van der Waals surface area contributed by atoms with E-state index in [9.17, 15) is 0 Å². The van der Waals surface area contributed by atoms with Crippen LogP contribution in [0.1, 0.15) is 11.6 Å². The lowest BCUT2D eigenvalue weighted by Crippen LogP contribution is -2.21. The second-order valence-electron chi connectivity index (χ2n) is 4.52. The Morgan fingerprint density at radius 1 is 1.14 bits per heavy atom. The van der Waals surface area contributed by atoms with Crippen LogP contribution in [0.4, 0.5) is 5.69 Å². The van der Waals surface area contributed by atoms with Crippen LogP contribution < -0.4 is 20.5 Å². The second-order valence-corrected chi connectivity index (χ2v) is 4.93. The topological polar surface area (TPSA) is 56.5 Å². The molecule has 0 heterocycles. The molecule has 0 aliphatic carbocycles. The molecule has 0 aromatic heterocycles. The second kappa shape index (κ2) is 7.20. The van der Waals surface area contributed by atoms with Crippen LogP contribution in [-0.2, 0) is 0 Å². The first-order chi connectivity index (χ1) is 10.2. The van der Waals surface area contributed by atoms with Gasteiger partial charge in [-0.05, 0) is 30.3 Å². The van der Waals surface area contributed by atoms with Crippen LogP contribution in [0.2, 0.25) is 5.02 Å². The largest absolute Gasteiger partial charge is 0.497 e. The predicted molar refractivity (Wildman–Crippen MR) is 86.4 cm³/mol. The number of ether oxygens (including phenoxy) is 2. The quantitative estimate of drug-likeness (QED) is 0.858. The summed E-state index contributed by atoms with van der Waals surface area (Å²) in [6.07, 6.45) is 0. The van der Waals surface area contributed by atoms with E-state index < -0.39 is 0 Å². The number of rotatable bonds is 6. The number of halogens is 1. The molecular weight excluding hydrogens is 288 g/mol. The van der Waals surface area contributed by atoms with E-state index in [1.807, 2.05) is 42.5 Å². The number of nitrogens with two attached hydrogens (primary N) is 1. The summed E-state index contributed by atoms with van der Waals surface area (Å²) in [7, 11) is 3.26. The van der Waals surface area contributed by atoms with Crippen molar-refractivity contribution in [2.24, 2.45) is 5.73 Å². The van der Waals surface area contributed by atoms with Crippen molar-refractivity contribution in [3.05, 3.63) is 53.1 Å². The minimum Gasteiger partial charge on any atom is -0.497 e. The monoisotopic (exact) mass is 306 g/mol. The maximum absolute atomic E-state index is 6.19. The molecule has 0 aliphatic heterocycles. The smallest absolute Gasteiger partial charge is 0.124 e. The van der Waals surface area contributed by atoms with Crippen molar-refractivity contribution in [3.63, 3.8) is 0 Å². The molecule has 0 amide bonds. The molecule has 0 saturated carbocycles. The number of methoxy groups -OCH3 is 2. The number of anilines is 1. The third-order valence-corrected chi connectivity index (χ3v) is 3.58. The normalized spacial score (nSPS) is 11.8. The van der Waals surface area contributed by atoms with Gasteiger partial charge < -0.3 is 20.5 Å². The zero-order chi connectivity index (χ0) is 15.2. The summed E-state index contributed by atoms with van der Waals surface area (Å²) in [4.78, 5) is 0. The SMILES string of the molecule is COc1ccc(OC)c(C(CN)Nc2ccccc2Cl)c1. The molecule has 0 spiro atoms. The van der Waals surface area contributed by atoms with E-state index >= 15 is 0 Å². The Labute approximate surface area is 129 Å². The average Bonchev–Trinajstić information content (AvgIpc) is 2.53. The van der Waals surface area contributed by atoms with Crippen LogP contribution in [0, 0.1) is 0 Å². The van der Waals surface area contributed by atoms with Gasteiger partial charge in [-0.15, -0.1) is 0 Å². The maximum atomic E-state index is 6.19. The third kappa shape index (κ3) is 3.60. The summed E-state index contributed by atoms with van der Waals surface area (Å²) in [5.41, 5.74) is 7.68. The minimum atomic E-state index is -0.130. The summed E-state index contributed by atoms with van der Waals surface area (Å²) in [5, 5.41) is 4.00. The molecule has 1 unspecified atom stereocenters. The number of nitrogens with one attached hydrogen (secondary N) is 1. The van der Waals surface area contributed by atoms with Crippen LogP contribution in [-0.4, -0.2) is 20.8 Å². The molecule has 4 nitrogen and oxygen atoms in total. The minimum absolute atomic E-state index is 0.130. The summed E-state index contributed by atoms with van der Waals surface area (Å²) in [5.74, 6) is 1.51. The Balaban J connectivity index is 2.34. The Bertz CT molecular complexity index is 605. The molecule has 0 bridgehead atoms. The molecule has 0 radical (unpaired) electrons. The van der Waals surface area contributed by atoms with Crippen molar-refractivity contribution >= 4 is 17.3 Å². The van der Waals surface area contributed by atoms with Crippen molar-refractivity contribution < 1.29 is 9.47 Å². The van der Waals surface area contributed by atoms with Crippen molar-refractivity contribution in [1.29, 1.82) is 0 Å². The Morgan fingerprint density at radius 2 is 1.90 bits per heavy atom. The predicted octanol–water partition coefficient (Wildman–Crippen LogP) is 3.47. The molecule has 5 heteroatoms. The van der Waals surface area contributed by atoms with Crippen molar-refractivity contribution in [3.8, 4) is 11.5 Å².